The van der Waals surface area contributed by atoms with Crippen molar-refractivity contribution < 1.29 is 13.2 Å². The number of rotatable bonds is 6. The summed E-state index contributed by atoms with van der Waals surface area (Å²) in [5.74, 6) is 0.645. The van der Waals surface area contributed by atoms with Crippen molar-refractivity contribution in [1.82, 2.24) is 20.0 Å². The standard InChI is InChI=1S/C20H29N5O3S/c1-21-19(22-16-20(29(3,26)27)9-11-28-12-10-20)24(2)14-17-13-23-25(15-17)18-7-5-4-6-8-18/h4-8,13,15H,9-12,14,16H2,1-3H3,(H,21,22). The van der Waals surface area contributed by atoms with Crippen LogP contribution in [0.5, 0.6) is 0 Å². The highest BCUT2D eigenvalue weighted by molar-refractivity contribution is 7.92. The van der Waals surface area contributed by atoms with Gasteiger partial charge in [-0.2, -0.15) is 5.10 Å². The summed E-state index contributed by atoms with van der Waals surface area (Å²) in [5.41, 5.74) is 2.03. The second-order valence-electron chi connectivity index (χ2n) is 7.45. The lowest BCUT2D eigenvalue weighted by Gasteiger charge is -2.36. The van der Waals surface area contributed by atoms with Gasteiger partial charge < -0.3 is 15.0 Å². The Morgan fingerprint density at radius 3 is 2.62 bits per heavy atom. The Hall–Kier alpha value is -2.39. The van der Waals surface area contributed by atoms with Crippen LogP contribution in [-0.4, -0.2) is 73.9 Å². The number of aromatic nitrogens is 2. The molecule has 29 heavy (non-hydrogen) atoms. The predicted molar refractivity (Wildman–Crippen MR) is 114 cm³/mol. The number of sulfone groups is 1. The maximum Gasteiger partial charge on any atom is 0.193 e. The lowest BCUT2D eigenvalue weighted by atomic mass is 9.99. The molecule has 0 atom stereocenters. The predicted octanol–water partition coefficient (Wildman–Crippen LogP) is 1.47. The number of nitrogens with one attached hydrogen (secondary N) is 1. The first kappa shape index (κ1) is 21.3. The number of aliphatic imine (C=N–C) groups is 1. The third-order valence-electron chi connectivity index (χ3n) is 5.41. The molecule has 0 aliphatic carbocycles. The fourth-order valence-electron chi connectivity index (χ4n) is 3.56. The van der Waals surface area contributed by atoms with Crippen molar-refractivity contribution >= 4 is 15.8 Å². The Bertz CT molecular complexity index is 934. The molecule has 2 aromatic rings. The number of hydrogen-bond donors (Lipinski definition) is 1. The Morgan fingerprint density at radius 2 is 2.00 bits per heavy atom. The Labute approximate surface area is 172 Å². The van der Waals surface area contributed by atoms with E-state index in [2.05, 4.69) is 15.4 Å². The molecule has 3 rings (SSSR count). The second-order valence-corrected chi connectivity index (χ2v) is 9.86. The van der Waals surface area contributed by atoms with E-state index in [4.69, 9.17) is 4.74 Å². The second kappa shape index (κ2) is 8.96. The van der Waals surface area contributed by atoms with Gasteiger partial charge in [-0.3, -0.25) is 4.99 Å². The van der Waals surface area contributed by atoms with Crippen molar-refractivity contribution in [3.05, 3.63) is 48.3 Å². The van der Waals surface area contributed by atoms with Gasteiger partial charge in [0.15, 0.2) is 15.8 Å². The van der Waals surface area contributed by atoms with Gasteiger partial charge in [-0.1, -0.05) is 18.2 Å². The van der Waals surface area contributed by atoms with E-state index in [0.717, 1.165) is 11.3 Å². The molecule has 8 nitrogen and oxygen atoms in total. The first-order chi connectivity index (χ1) is 13.8. The maximum atomic E-state index is 12.4. The van der Waals surface area contributed by atoms with Crippen LogP contribution >= 0.6 is 0 Å². The molecule has 9 heteroatoms. The van der Waals surface area contributed by atoms with E-state index in [0.29, 0.717) is 45.1 Å². The maximum absolute atomic E-state index is 12.4. The minimum Gasteiger partial charge on any atom is -0.381 e. The molecule has 0 bridgehead atoms. The Kier molecular flexibility index (Phi) is 6.59. The smallest absolute Gasteiger partial charge is 0.193 e. The summed E-state index contributed by atoms with van der Waals surface area (Å²) in [4.78, 5) is 6.28. The molecule has 1 aliphatic rings. The van der Waals surface area contributed by atoms with Crippen molar-refractivity contribution in [3.8, 4) is 5.69 Å². The minimum absolute atomic E-state index is 0.315. The number of ether oxygens (including phenoxy) is 1. The summed E-state index contributed by atoms with van der Waals surface area (Å²) in [6.45, 7) is 1.83. The van der Waals surface area contributed by atoms with Crippen molar-refractivity contribution in [2.24, 2.45) is 4.99 Å². The summed E-state index contributed by atoms with van der Waals surface area (Å²) < 4.78 is 31.3. The monoisotopic (exact) mass is 419 g/mol. The average molecular weight is 420 g/mol. The molecule has 1 N–H and O–H groups in total. The number of guanidine groups is 1. The molecule has 158 valence electrons. The zero-order valence-corrected chi connectivity index (χ0v) is 18.0. The molecule has 0 radical (unpaired) electrons. The molecule has 2 heterocycles. The average Bonchev–Trinajstić information content (AvgIpc) is 3.17. The highest BCUT2D eigenvalue weighted by atomic mass is 32.2. The molecular weight excluding hydrogens is 390 g/mol. The summed E-state index contributed by atoms with van der Waals surface area (Å²) >= 11 is 0. The fraction of sp³-hybridized carbons (Fsp3) is 0.500. The molecule has 1 aromatic carbocycles. The molecule has 1 aromatic heterocycles. The molecule has 0 unspecified atom stereocenters. The van der Waals surface area contributed by atoms with Crippen LogP contribution in [-0.2, 0) is 21.1 Å². The highest BCUT2D eigenvalue weighted by Crippen LogP contribution is 2.28. The van der Waals surface area contributed by atoms with E-state index in [1.165, 1.54) is 6.26 Å². The quantitative estimate of drug-likeness (QED) is 0.564. The zero-order valence-electron chi connectivity index (χ0n) is 17.2. The van der Waals surface area contributed by atoms with Crippen LogP contribution in [0.4, 0.5) is 0 Å². The summed E-state index contributed by atoms with van der Waals surface area (Å²) in [6, 6.07) is 9.92. The van der Waals surface area contributed by atoms with Crippen molar-refractivity contribution in [2.45, 2.75) is 24.1 Å². The SMILES string of the molecule is CN=C(NCC1(S(C)(=O)=O)CCOCC1)N(C)Cc1cnn(-c2ccccc2)c1. The van der Waals surface area contributed by atoms with Crippen LogP contribution in [0.15, 0.2) is 47.7 Å². The van der Waals surface area contributed by atoms with Crippen LogP contribution in [0.25, 0.3) is 5.69 Å². The molecule has 1 aliphatic heterocycles. The van der Waals surface area contributed by atoms with Crippen LogP contribution in [0.3, 0.4) is 0 Å². The summed E-state index contributed by atoms with van der Waals surface area (Å²) in [5, 5.41) is 7.68. The number of hydrogen-bond acceptors (Lipinski definition) is 5. The largest absolute Gasteiger partial charge is 0.381 e. The van der Waals surface area contributed by atoms with E-state index in [1.807, 2.05) is 59.4 Å². The van der Waals surface area contributed by atoms with Crippen molar-refractivity contribution in [2.75, 3.05) is 40.1 Å². The summed E-state index contributed by atoms with van der Waals surface area (Å²) in [7, 11) is 0.388. The van der Waals surface area contributed by atoms with E-state index in [9.17, 15) is 8.42 Å². The topological polar surface area (TPSA) is 88.8 Å². The third kappa shape index (κ3) is 4.97. The van der Waals surface area contributed by atoms with E-state index >= 15 is 0 Å². The number of benzene rings is 1. The molecule has 0 amide bonds. The van der Waals surface area contributed by atoms with E-state index < -0.39 is 14.6 Å². The lowest BCUT2D eigenvalue weighted by molar-refractivity contribution is 0.0755. The van der Waals surface area contributed by atoms with Crippen LogP contribution < -0.4 is 5.32 Å². The van der Waals surface area contributed by atoms with Crippen molar-refractivity contribution in [3.63, 3.8) is 0 Å². The van der Waals surface area contributed by atoms with Crippen LogP contribution in [0, 0.1) is 0 Å². The van der Waals surface area contributed by atoms with Gasteiger partial charge >= 0.3 is 0 Å². The van der Waals surface area contributed by atoms with Gasteiger partial charge in [-0.25, -0.2) is 13.1 Å². The number of nitrogens with zero attached hydrogens (tertiary/aromatic N) is 4. The molecule has 1 fully saturated rings. The Balaban J connectivity index is 1.65. The van der Waals surface area contributed by atoms with Gasteiger partial charge in [0, 0.05) is 58.4 Å². The Morgan fingerprint density at radius 1 is 1.31 bits per heavy atom. The van der Waals surface area contributed by atoms with Crippen LogP contribution in [0.2, 0.25) is 0 Å². The van der Waals surface area contributed by atoms with Gasteiger partial charge in [0.2, 0.25) is 0 Å². The fourth-order valence-corrected chi connectivity index (χ4v) is 4.80. The summed E-state index contributed by atoms with van der Waals surface area (Å²) in [6.07, 6.45) is 6.10. The number of para-hydroxylation sites is 1. The normalized spacial score (nSPS) is 17.1. The highest BCUT2D eigenvalue weighted by Gasteiger charge is 2.42. The molecular formula is C20H29N5O3S. The van der Waals surface area contributed by atoms with Gasteiger partial charge in [-0.15, -0.1) is 0 Å². The molecule has 1 saturated heterocycles. The zero-order chi connectivity index (χ0) is 20.9. The van der Waals surface area contributed by atoms with Crippen molar-refractivity contribution in [1.29, 1.82) is 0 Å². The minimum atomic E-state index is -3.23. The van der Waals surface area contributed by atoms with Gasteiger partial charge in [0.25, 0.3) is 0 Å². The first-order valence-electron chi connectivity index (χ1n) is 9.63. The van der Waals surface area contributed by atoms with E-state index in [1.54, 1.807) is 7.05 Å². The van der Waals surface area contributed by atoms with Gasteiger partial charge in [0.1, 0.15) is 0 Å². The van der Waals surface area contributed by atoms with Gasteiger partial charge in [0.05, 0.1) is 16.6 Å². The molecule has 0 spiro atoms. The third-order valence-corrected chi connectivity index (χ3v) is 7.53. The van der Waals surface area contributed by atoms with Gasteiger partial charge in [-0.05, 0) is 25.0 Å². The van der Waals surface area contributed by atoms with Crippen LogP contribution in [0.1, 0.15) is 18.4 Å². The van der Waals surface area contributed by atoms with E-state index in [-0.39, 0.29) is 0 Å². The first-order valence-corrected chi connectivity index (χ1v) is 11.5. The molecule has 0 saturated carbocycles. The lowest BCUT2D eigenvalue weighted by Crippen LogP contribution is -2.53.